The second-order valence-electron chi connectivity index (χ2n) is 4.12. The third-order valence-corrected chi connectivity index (χ3v) is 3.12. The lowest BCUT2D eigenvalue weighted by molar-refractivity contribution is 0.625. The van der Waals surface area contributed by atoms with Crippen LogP contribution in [0.2, 0.25) is 0 Å². The van der Waals surface area contributed by atoms with Crippen molar-refractivity contribution >= 4 is 17.1 Å². The number of hydrogen-bond donors (Lipinski definition) is 1. The number of fused-ring (bicyclic) bond motifs is 1. The van der Waals surface area contributed by atoms with Crippen LogP contribution in [0.4, 0.5) is 0 Å². The van der Waals surface area contributed by atoms with Crippen molar-refractivity contribution in [2.75, 3.05) is 6.54 Å². The van der Waals surface area contributed by atoms with Gasteiger partial charge in [-0.3, -0.25) is 4.99 Å². The summed E-state index contributed by atoms with van der Waals surface area (Å²) in [5, 5.41) is 1.31. The van der Waals surface area contributed by atoms with Gasteiger partial charge in [0.1, 0.15) is 0 Å². The van der Waals surface area contributed by atoms with Crippen LogP contribution >= 0.6 is 0 Å². The molecule has 1 atom stereocenters. The molecule has 1 aromatic carbocycles. The van der Waals surface area contributed by atoms with E-state index in [0.717, 1.165) is 13.0 Å². The normalized spacial score (nSPS) is 20.9. The predicted octanol–water partition coefficient (Wildman–Crippen LogP) is 3.12. The summed E-state index contributed by atoms with van der Waals surface area (Å²) in [6.07, 6.45) is 4.30. The summed E-state index contributed by atoms with van der Waals surface area (Å²) in [6, 6.07) is 10.7. The third-order valence-electron chi connectivity index (χ3n) is 3.12. The number of hydrogen-bond acceptors (Lipinski definition) is 1. The fourth-order valence-electron chi connectivity index (χ4n) is 2.24. The summed E-state index contributed by atoms with van der Waals surface area (Å²) >= 11 is 0. The summed E-state index contributed by atoms with van der Waals surface area (Å²) in [4.78, 5) is 7.77. The lowest BCUT2D eigenvalue weighted by Gasteiger charge is -2.15. The summed E-state index contributed by atoms with van der Waals surface area (Å²) in [6.45, 7) is 0.972. The van der Waals surface area contributed by atoms with Crippen LogP contribution in [0.1, 0.15) is 24.5 Å². The predicted molar refractivity (Wildman–Crippen MR) is 63.6 cm³/mol. The molecule has 0 aliphatic carbocycles. The van der Waals surface area contributed by atoms with Gasteiger partial charge in [0.05, 0.1) is 0 Å². The van der Waals surface area contributed by atoms with E-state index < -0.39 is 0 Å². The van der Waals surface area contributed by atoms with Crippen molar-refractivity contribution in [1.29, 1.82) is 0 Å². The Morgan fingerprint density at radius 1 is 1.27 bits per heavy atom. The lowest BCUT2D eigenvalue weighted by atomic mass is 9.96. The minimum absolute atomic E-state index is 0.634. The molecule has 2 heteroatoms. The lowest BCUT2D eigenvalue weighted by Crippen LogP contribution is -2.06. The molecule has 1 aliphatic rings. The highest BCUT2D eigenvalue weighted by molar-refractivity contribution is 5.80. The average molecular weight is 198 g/mol. The molecule has 3 rings (SSSR count). The second kappa shape index (κ2) is 3.54. The Kier molecular flexibility index (Phi) is 2.05. The number of nitrogens with zero attached hydrogens (tertiary/aromatic N) is 1. The SMILES string of the molecule is C1=NCCC(c2cc3ccccc3[nH]2)C1. The maximum Gasteiger partial charge on any atom is 0.0456 e. The minimum Gasteiger partial charge on any atom is -0.358 e. The molecule has 0 saturated heterocycles. The first kappa shape index (κ1) is 8.72. The van der Waals surface area contributed by atoms with E-state index in [1.807, 2.05) is 0 Å². The highest BCUT2D eigenvalue weighted by Gasteiger charge is 2.14. The maximum absolute atomic E-state index is 4.27. The zero-order valence-corrected chi connectivity index (χ0v) is 8.61. The first-order valence-corrected chi connectivity index (χ1v) is 5.49. The molecule has 76 valence electrons. The van der Waals surface area contributed by atoms with E-state index in [9.17, 15) is 0 Å². The summed E-state index contributed by atoms with van der Waals surface area (Å²) < 4.78 is 0. The van der Waals surface area contributed by atoms with Crippen molar-refractivity contribution in [1.82, 2.24) is 4.98 Å². The van der Waals surface area contributed by atoms with Crippen LogP contribution in [0.15, 0.2) is 35.3 Å². The van der Waals surface area contributed by atoms with Gasteiger partial charge >= 0.3 is 0 Å². The quantitative estimate of drug-likeness (QED) is 0.729. The molecule has 0 spiro atoms. The van der Waals surface area contributed by atoms with Crippen LogP contribution in [0.25, 0.3) is 10.9 Å². The van der Waals surface area contributed by atoms with Gasteiger partial charge in [0, 0.05) is 23.7 Å². The monoisotopic (exact) mass is 198 g/mol. The van der Waals surface area contributed by atoms with Crippen LogP contribution in [0.3, 0.4) is 0 Å². The first-order valence-electron chi connectivity index (χ1n) is 5.49. The Balaban J connectivity index is 2.00. The molecule has 1 N–H and O–H groups in total. The van der Waals surface area contributed by atoms with Gasteiger partial charge in [-0.05, 0) is 36.6 Å². The van der Waals surface area contributed by atoms with E-state index in [1.165, 1.54) is 23.0 Å². The standard InChI is InChI=1S/C13H14N2/c1-2-4-12-11(3-1)9-13(15-12)10-5-7-14-8-6-10/h1-4,7,9-10,15H,5-6,8H2. The molecule has 0 fully saturated rings. The fourth-order valence-corrected chi connectivity index (χ4v) is 2.24. The van der Waals surface area contributed by atoms with Gasteiger partial charge in [-0.2, -0.15) is 0 Å². The molecule has 0 amide bonds. The highest BCUT2D eigenvalue weighted by Crippen LogP contribution is 2.27. The Morgan fingerprint density at radius 3 is 3.00 bits per heavy atom. The molecule has 1 aliphatic heterocycles. The van der Waals surface area contributed by atoms with Crippen LogP contribution in [0.5, 0.6) is 0 Å². The summed E-state index contributed by atoms with van der Waals surface area (Å²) in [5.74, 6) is 0.634. The summed E-state index contributed by atoms with van der Waals surface area (Å²) in [5.41, 5.74) is 2.61. The third kappa shape index (κ3) is 1.56. The molecule has 0 bridgehead atoms. The summed E-state index contributed by atoms with van der Waals surface area (Å²) in [7, 11) is 0. The van der Waals surface area contributed by atoms with Gasteiger partial charge in [-0.1, -0.05) is 18.2 Å². The fraction of sp³-hybridized carbons (Fsp3) is 0.308. The molecule has 1 unspecified atom stereocenters. The zero-order chi connectivity index (χ0) is 10.1. The number of H-pyrrole nitrogens is 1. The van der Waals surface area contributed by atoms with E-state index in [-0.39, 0.29) is 0 Å². The number of para-hydroxylation sites is 1. The van der Waals surface area contributed by atoms with Crippen molar-refractivity contribution in [2.45, 2.75) is 18.8 Å². The maximum atomic E-state index is 4.27. The van der Waals surface area contributed by atoms with E-state index in [0.29, 0.717) is 5.92 Å². The number of rotatable bonds is 1. The average Bonchev–Trinajstić information content (AvgIpc) is 2.74. The molecule has 2 nitrogen and oxygen atoms in total. The van der Waals surface area contributed by atoms with E-state index in [4.69, 9.17) is 0 Å². The highest BCUT2D eigenvalue weighted by atomic mass is 14.8. The molecule has 1 aromatic heterocycles. The molecular formula is C13H14N2. The largest absolute Gasteiger partial charge is 0.358 e. The van der Waals surface area contributed by atoms with E-state index in [1.54, 1.807) is 0 Å². The van der Waals surface area contributed by atoms with Crippen LogP contribution in [0, 0.1) is 0 Å². The molecule has 2 aromatic rings. The Bertz CT molecular complexity index is 463. The zero-order valence-electron chi connectivity index (χ0n) is 8.61. The van der Waals surface area contributed by atoms with Crippen LogP contribution < -0.4 is 0 Å². The van der Waals surface area contributed by atoms with Crippen molar-refractivity contribution in [2.24, 2.45) is 4.99 Å². The molecule has 15 heavy (non-hydrogen) atoms. The number of aromatic nitrogens is 1. The number of aliphatic imine (C=N–C) groups is 1. The number of aromatic amines is 1. The first-order chi connectivity index (χ1) is 7.43. The van der Waals surface area contributed by atoms with Crippen molar-refractivity contribution in [3.63, 3.8) is 0 Å². The topological polar surface area (TPSA) is 28.1 Å². The molecule has 2 heterocycles. The van der Waals surface area contributed by atoms with Crippen molar-refractivity contribution in [3.05, 3.63) is 36.0 Å². The van der Waals surface area contributed by atoms with Gasteiger partial charge in [0.15, 0.2) is 0 Å². The molecule has 0 radical (unpaired) electrons. The minimum atomic E-state index is 0.634. The van der Waals surface area contributed by atoms with Crippen molar-refractivity contribution < 1.29 is 0 Å². The van der Waals surface area contributed by atoms with Gasteiger partial charge in [-0.25, -0.2) is 0 Å². The smallest absolute Gasteiger partial charge is 0.0456 e. The Labute approximate surface area is 89.0 Å². The Hall–Kier alpha value is -1.57. The number of nitrogens with one attached hydrogen (secondary N) is 1. The number of benzene rings is 1. The van der Waals surface area contributed by atoms with Crippen LogP contribution in [-0.2, 0) is 0 Å². The van der Waals surface area contributed by atoms with Gasteiger partial charge < -0.3 is 4.98 Å². The van der Waals surface area contributed by atoms with Crippen LogP contribution in [-0.4, -0.2) is 17.7 Å². The second-order valence-corrected chi connectivity index (χ2v) is 4.12. The molecule has 0 saturated carbocycles. The van der Waals surface area contributed by atoms with E-state index in [2.05, 4.69) is 46.5 Å². The van der Waals surface area contributed by atoms with Crippen molar-refractivity contribution in [3.8, 4) is 0 Å². The van der Waals surface area contributed by atoms with Gasteiger partial charge in [-0.15, -0.1) is 0 Å². The van der Waals surface area contributed by atoms with E-state index >= 15 is 0 Å². The van der Waals surface area contributed by atoms with Gasteiger partial charge in [0.25, 0.3) is 0 Å². The molecular weight excluding hydrogens is 184 g/mol. The Morgan fingerprint density at radius 2 is 2.20 bits per heavy atom. The van der Waals surface area contributed by atoms with Gasteiger partial charge in [0.2, 0.25) is 0 Å².